The first-order valence-corrected chi connectivity index (χ1v) is 10.6. The van der Waals surface area contributed by atoms with Crippen LogP contribution in [0.4, 0.5) is 9.52 Å². The van der Waals surface area contributed by atoms with E-state index in [4.69, 9.17) is 0 Å². The molecule has 5 nitrogen and oxygen atoms in total. The van der Waals surface area contributed by atoms with E-state index >= 15 is 0 Å². The fourth-order valence-electron chi connectivity index (χ4n) is 3.35. The zero-order chi connectivity index (χ0) is 18.8. The highest BCUT2D eigenvalue weighted by atomic mass is 32.2. The quantitative estimate of drug-likeness (QED) is 0.684. The van der Waals surface area contributed by atoms with Gasteiger partial charge in [0.15, 0.2) is 5.17 Å². The number of amidine groups is 1. The molecule has 1 aromatic heterocycles. The zero-order valence-corrected chi connectivity index (χ0v) is 16.5. The minimum atomic E-state index is -0.291. The molecule has 2 aliphatic rings. The van der Waals surface area contributed by atoms with Gasteiger partial charge in [-0.05, 0) is 55.3 Å². The third kappa shape index (κ3) is 4.11. The lowest BCUT2D eigenvalue weighted by molar-refractivity contribution is -0.124. The average molecular weight is 403 g/mol. The van der Waals surface area contributed by atoms with E-state index in [9.17, 15) is 9.18 Å². The summed E-state index contributed by atoms with van der Waals surface area (Å²) in [6.45, 7) is 1.88. The molecule has 0 atom stereocenters. The molecule has 8 heteroatoms. The van der Waals surface area contributed by atoms with Gasteiger partial charge < -0.3 is 0 Å². The van der Waals surface area contributed by atoms with E-state index in [1.807, 2.05) is 11.8 Å². The van der Waals surface area contributed by atoms with Crippen molar-refractivity contribution in [3.05, 3.63) is 45.6 Å². The van der Waals surface area contributed by atoms with Crippen LogP contribution in [0.3, 0.4) is 0 Å². The first kappa shape index (κ1) is 18.3. The largest absolute Gasteiger partial charge is 0.283 e. The molecule has 0 unspecified atom stereocenters. The van der Waals surface area contributed by atoms with Crippen LogP contribution in [0.1, 0.15) is 42.7 Å². The van der Waals surface area contributed by atoms with Crippen LogP contribution in [0, 0.1) is 12.7 Å². The van der Waals surface area contributed by atoms with Gasteiger partial charge in [0.25, 0.3) is 5.91 Å². The summed E-state index contributed by atoms with van der Waals surface area (Å²) in [6.07, 6.45) is 7.25. The fraction of sp³-hybridized carbons (Fsp3) is 0.368. The van der Waals surface area contributed by atoms with Crippen LogP contribution < -0.4 is 0 Å². The Morgan fingerprint density at radius 1 is 1.19 bits per heavy atom. The molecule has 1 aliphatic carbocycles. The molecule has 1 aromatic carbocycles. The summed E-state index contributed by atoms with van der Waals surface area (Å²) >= 11 is 2.77. The Morgan fingerprint density at radius 3 is 2.59 bits per heavy atom. The van der Waals surface area contributed by atoms with Crippen molar-refractivity contribution in [2.45, 2.75) is 45.1 Å². The highest BCUT2D eigenvalue weighted by Gasteiger charge is 2.38. The first-order chi connectivity index (χ1) is 13.1. The lowest BCUT2D eigenvalue weighted by Gasteiger charge is -2.30. The van der Waals surface area contributed by atoms with Crippen LogP contribution in [0.5, 0.6) is 0 Å². The van der Waals surface area contributed by atoms with E-state index in [0.717, 1.165) is 36.3 Å². The Hall–Kier alpha value is -2.06. The van der Waals surface area contributed by atoms with Crippen molar-refractivity contribution in [1.82, 2.24) is 15.1 Å². The van der Waals surface area contributed by atoms with Gasteiger partial charge in [0.05, 0.1) is 4.91 Å². The molecule has 4 rings (SSSR count). The van der Waals surface area contributed by atoms with E-state index in [1.165, 1.54) is 41.7 Å². The van der Waals surface area contributed by atoms with Crippen molar-refractivity contribution in [1.29, 1.82) is 0 Å². The topological polar surface area (TPSA) is 58.5 Å². The number of aryl methyl sites for hydroxylation is 1. The molecule has 1 saturated carbocycles. The number of thioether (sulfide) groups is 1. The SMILES string of the molecule is Cc1nnc(/N=C2/S/C(=C\c3ccc(F)cc3)C(=O)N2C2CCCCC2)s1. The molecule has 1 saturated heterocycles. The molecule has 2 aromatic rings. The standard InChI is InChI=1S/C19H19FN4OS2/c1-12-22-23-18(26-12)21-19-24(15-5-3-2-4-6-15)17(25)16(27-19)11-13-7-9-14(20)10-8-13/h7-11,15H,2-6H2,1H3/b16-11-,21-19+. The molecule has 2 fully saturated rings. The average Bonchev–Trinajstić information content (AvgIpc) is 3.21. The normalized spacial score (nSPS) is 21.6. The number of amides is 1. The van der Waals surface area contributed by atoms with Crippen LogP contribution >= 0.6 is 23.1 Å². The van der Waals surface area contributed by atoms with Crippen LogP contribution in [-0.2, 0) is 4.79 Å². The van der Waals surface area contributed by atoms with Gasteiger partial charge in [0, 0.05) is 6.04 Å². The number of nitrogens with zero attached hydrogens (tertiary/aromatic N) is 4. The van der Waals surface area contributed by atoms with Gasteiger partial charge in [-0.2, -0.15) is 4.99 Å². The lowest BCUT2D eigenvalue weighted by Crippen LogP contribution is -2.40. The van der Waals surface area contributed by atoms with E-state index in [0.29, 0.717) is 15.2 Å². The summed E-state index contributed by atoms with van der Waals surface area (Å²) in [5.74, 6) is -0.323. The van der Waals surface area contributed by atoms with Crippen molar-refractivity contribution in [3.63, 3.8) is 0 Å². The van der Waals surface area contributed by atoms with Gasteiger partial charge in [-0.15, -0.1) is 10.2 Å². The number of rotatable bonds is 3. The van der Waals surface area contributed by atoms with Crippen molar-refractivity contribution < 1.29 is 9.18 Å². The van der Waals surface area contributed by atoms with Gasteiger partial charge in [-0.25, -0.2) is 4.39 Å². The van der Waals surface area contributed by atoms with Crippen molar-refractivity contribution in [3.8, 4) is 0 Å². The lowest BCUT2D eigenvalue weighted by atomic mass is 9.94. The smallest absolute Gasteiger partial charge is 0.267 e. The molecule has 0 N–H and O–H groups in total. The highest BCUT2D eigenvalue weighted by Crippen LogP contribution is 2.38. The second-order valence-corrected chi connectivity index (χ2v) is 8.80. The zero-order valence-electron chi connectivity index (χ0n) is 14.9. The minimum absolute atomic E-state index is 0.0313. The number of hydrogen-bond acceptors (Lipinski definition) is 6. The van der Waals surface area contributed by atoms with Crippen molar-refractivity contribution in [2.75, 3.05) is 0 Å². The molecule has 27 heavy (non-hydrogen) atoms. The maximum atomic E-state index is 13.2. The summed E-state index contributed by atoms with van der Waals surface area (Å²) in [7, 11) is 0. The van der Waals surface area contributed by atoms with Crippen LogP contribution in [0.2, 0.25) is 0 Å². The molecular weight excluding hydrogens is 383 g/mol. The van der Waals surface area contributed by atoms with Gasteiger partial charge >= 0.3 is 0 Å². The third-order valence-electron chi connectivity index (χ3n) is 4.65. The molecule has 1 amide bonds. The van der Waals surface area contributed by atoms with Crippen molar-refractivity contribution in [2.24, 2.45) is 4.99 Å². The summed E-state index contributed by atoms with van der Waals surface area (Å²) in [6, 6.07) is 6.31. The third-order valence-corrected chi connectivity index (χ3v) is 6.37. The number of aliphatic imine (C=N–C) groups is 1. The highest BCUT2D eigenvalue weighted by molar-refractivity contribution is 8.18. The number of halogens is 1. The van der Waals surface area contributed by atoms with Gasteiger partial charge in [-0.3, -0.25) is 9.69 Å². The predicted molar refractivity (Wildman–Crippen MR) is 107 cm³/mol. The Kier molecular flexibility index (Phi) is 5.36. The molecule has 0 radical (unpaired) electrons. The number of aromatic nitrogens is 2. The van der Waals surface area contributed by atoms with Gasteiger partial charge in [-0.1, -0.05) is 42.7 Å². The molecule has 0 bridgehead atoms. The monoisotopic (exact) mass is 402 g/mol. The van der Waals surface area contributed by atoms with Crippen molar-refractivity contribution >= 4 is 45.4 Å². The Balaban J connectivity index is 1.68. The summed E-state index contributed by atoms with van der Waals surface area (Å²) in [4.78, 5) is 20.2. The summed E-state index contributed by atoms with van der Waals surface area (Å²) in [5, 5.41) is 10.1. The Labute approximate surface area is 165 Å². The number of benzene rings is 1. The minimum Gasteiger partial charge on any atom is -0.283 e. The van der Waals surface area contributed by atoms with E-state index in [2.05, 4.69) is 15.2 Å². The van der Waals surface area contributed by atoms with E-state index in [-0.39, 0.29) is 17.8 Å². The fourth-order valence-corrected chi connectivity index (χ4v) is 5.01. The number of carbonyl (C=O) groups is 1. The van der Waals surface area contributed by atoms with Crippen LogP contribution in [0.25, 0.3) is 6.08 Å². The second-order valence-electron chi connectivity index (χ2n) is 6.63. The molecular formula is C19H19FN4OS2. The molecule has 0 spiro atoms. The number of hydrogen-bond donors (Lipinski definition) is 0. The number of carbonyl (C=O) groups excluding carboxylic acids is 1. The maximum Gasteiger partial charge on any atom is 0.267 e. The predicted octanol–water partition coefficient (Wildman–Crippen LogP) is 4.92. The molecule has 140 valence electrons. The Morgan fingerprint density at radius 2 is 1.93 bits per heavy atom. The van der Waals surface area contributed by atoms with Gasteiger partial charge in [0.2, 0.25) is 5.13 Å². The summed E-state index contributed by atoms with van der Waals surface area (Å²) < 4.78 is 13.2. The van der Waals surface area contributed by atoms with Crippen LogP contribution in [-0.4, -0.2) is 32.2 Å². The van der Waals surface area contributed by atoms with E-state index in [1.54, 1.807) is 18.2 Å². The first-order valence-electron chi connectivity index (χ1n) is 8.97. The maximum absolute atomic E-state index is 13.2. The molecule has 1 aliphatic heterocycles. The Bertz CT molecular complexity index is 901. The van der Waals surface area contributed by atoms with Crippen LogP contribution in [0.15, 0.2) is 34.2 Å². The molecule has 2 heterocycles. The van der Waals surface area contributed by atoms with E-state index < -0.39 is 0 Å². The second kappa shape index (κ2) is 7.90. The summed E-state index contributed by atoms with van der Waals surface area (Å²) in [5.41, 5.74) is 0.795. The van der Waals surface area contributed by atoms with Gasteiger partial charge in [0.1, 0.15) is 10.8 Å².